The third-order valence-corrected chi connectivity index (χ3v) is 5.94. The number of rotatable bonds is 5. The molecule has 7 nitrogen and oxygen atoms in total. The highest BCUT2D eigenvalue weighted by atomic mass is 32.1. The number of hydrogen-bond donors (Lipinski definition) is 0. The summed E-state index contributed by atoms with van der Waals surface area (Å²) in [6.07, 6.45) is 1.71. The third-order valence-electron chi connectivity index (χ3n) is 4.96. The quantitative estimate of drug-likeness (QED) is 0.573. The molecule has 3 aromatic rings. The summed E-state index contributed by atoms with van der Waals surface area (Å²) in [4.78, 5) is 33.2. The topological polar surface area (TPSA) is 77.0 Å². The Morgan fingerprint density at radius 2 is 2.00 bits per heavy atom. The second-order valence-corrected chi connectivity index (χ2v) is 8.29. The fraction of sp³-hybridized carbons (Fsp3) is 0.261. The summed E-state index contributed by atoms with van der Waals surface area (Å²) in [7, 11) is 3.77. The highest BCUT2D eigenvalue weighted by Gasteiger charge is 2.33. The number of fused-ring (bicyclic) bond motifs is 1. The molecule has 0 aliphatic carbocycles. The van der Waals surface area contributed by atoms with Crippen molar-refractivity contribution in [1.29, 1.82) is 0 Å². The average Bonchev–Trinajstić information content (AvgIpc) is 3.33. The van der Waals surface area contributed by atoms with Crippen LogP contribution in [0.3, 0.4) is 0 Å². The number of aromatic nitrogens is 1. The molecule has 2 aromatic heterocycles. The lowest BCUT2D eigenvalue weighted by molar-refractivity contribution is -0.139. The molecular formula is C23H23N3O4S. The van der Waals surface area contributed by atoms with Gasteiger partial charge in [-0.1, -0.05) is 41.7 Å². The lowest BCUT2D eigenvalue weighted by Gasteiger charge is -2.24. The number of nitrogens with zero attached hydrogens (tertiary/aromatic N) is 3. The number of hydrogen-bond acceptors (Lipinski definition) is 7. The molecular weight excluding hydrogens is 414 g/mol. The van der Waals surface area contributed by atoms with E-state index in [1.807, 2.05) is 61.5 Å². The van der Waals surface area contributed by atoms with Gasteiger partial charge in [-0.15, -0.1) is 0 Å². The van der Waals surface area contributed by atoms with Gasteiger partial charge in [-0.3, -0.25) is 9.36 Å². The molecule has 0 radical (unpaired) electrons. The van der Waals surface area contributed by atoms with Gasteiger partial charge in [0.15, 0.2) is 10.7 Å². The van der Waals surface area contributed by atoms with Crippen LogP contribution in [-0.2, 0) is 9.53 Å². The van der Waals surface area contributed by atoms with Crippen LogP contribution in [0, 0.1) is 0 Å². The summed E-state index contributed by atoms with van der Waals surface area (Å²) in [5.74, 6) is 0.807. The maximum absolute atomic E-state index is 13.4. The van der Waals surface area contributed by atoms with Crippen LogP contribution in [0.15, 0.2) is 67.9 Å². The van der Waals surface area contributed by atoms with E-state index in [2.05, 4.69) is 4.99 Å². The van der Waals surface area contributed by atoms with Crippen molar-refractivity contribution in [2.75, 3.05) is 25.6 Å². The van der Waals surface area contributed by atoms with E-state index < -0.39 is 12.0 Å². The van der Waals surface area contributed by atoms with Crippen LogP contribution < -0.4 is 19.8 Å². The fourth-order valence-electron chi connectivity index (χ4n) is 3.53. The molecule has 1 aromatic carbocycles. The lowest BCUT2D eigenvalue weighted by atomic mass is 9.96. The number of anilines is 1. The number of furan rings is 1. The van der Waals surface area contributed by atoms with Crippen LogP contribution in [0.1, 0.15) is 31.2 Å². The predicted molar refractivity (Wildman–Crippen MR) is 120 cm³/mol. The first kappa shape index (κ1) is 20.9. The van der Waals surface area contributed by atoms with Gasteiger partial charge in [0, 0.05) is 26.2 Å². The first-order valence-corrected chi connectivity index (χ1v) is 10.7. The SMILES string of the molecule is CCOC(=O)C1=C(C)N=c2s/c(=C\c3ccc(N(C)C)o3)c(=O)n2[C@@H]1c1ccccc1. The minimum Gasteiger partial charge on any atom is -0.463 e. The minimum atomic E-state index is -0.604. The molecule has 0 saturated heterocycles. The first-order chi connectivity index (χ1) is 14.9. The van der Waals surface area contributed by atoms with Crippen molar-refractivity contribution in [3.63, 3.8) is 0 Å². The van der Waals surface area contributed by atoms with Crippen molar-refractivity contribution in [3.05, 3.63) is 84.7 Å². The summed E-state index contributed by atoms with van der Waals surface area (Å²) < 4.78 is 13.1. The van der Waals surface area contributed by atoms with Gasteiger partial charge in [-0.2, -0.15) is 0 Å². The van der Waals surface area contributed by atoms with Crippen LogP contribution in [0.2, 0.25) is 0 Å². The molecule has 160 valence electrons. The minimum absolute atomic E-state index is 0.227. The zero-order chi connectivity index (χ0) is 22.1. The highest BCUT2D eigenvalue weighted by Crippen LogP contribution is 2.30. The van der Waals surface area contributed by atoms with E-state index in [0.29, 0.717) is 32.2 Å². The molecule has 8 heteroatoms. The number of ether oxygens (including phenoxy) is 1. The summed E-state index contributed by atoms with van der Waals surface area (Å²) >= 11 is 1.27. The van der Waals surface area contributed by atoms with E-state index in [0.717, 1.165) is 5.56 Å². The first-order valence-electron chi connectivity index (χ1n) is 9.92. The Hall–Kier alpha value is -3.39. The number of benzene rings is 1. The Bertz CT molecular complexity index is 1330. The molecule has 0 saturated carbocycles. The average molecular weight is 438 g/mol. The predicted octanol–water partition coefficient (Wildman–Crippen LogP) is 2.46. The zero-order valence-electron chi connectivity index (χ0n) is 17.8. The summed E-state index contributed by atoms with van der Waals surface area (Å²) in [5.41, 5.74) is 1.52. The van der Waals surface area contributed by atoms with Crippen molar-refractivity contribution in [2.45, 2.75) is 19.9 Å². The number of allylic oxidation sites excluding steroid dienone is 1. The molecule has 1 aliphatic rings. The second-order valence-electron chi connectivity index (χ2n) is 7.28. The molecule has 0 fully saturated rings. The van der Waals surface area contributed by atoms with E-state index in [4.69, 9.17) is 9.15 Å². The van der Waals surface area contributed by atoms with E-state index in [9.17, 15) is 9.59 Å². The lowest BCUT2D eigenvalue weighted by Crippen LogP contribution is -2.39. The molecule has 0 bridgehead atoms. The molecule has 0 unspecified atom stereocenters. The maximum Gasteiger partial charge on any atom is 0.338 e. The van der Waals surface area contributed by atoms with E-state index in [1.165, 1.54) is 11.3 Å². The van der Waals surface area contributed by atoms with Gasteiger partial charge in [0.25, 0.3) is 5.56 Å². The van der Waals surface area contributed by atoms with Gasteiger partial charge >= 0.3 is 5.97 Å². The smallest absolute Gasteiger partial charge is 0.338 e. The second kappa shape index (κ2) is 8.39. The molecule has 0 amide bonds. The largest absolute Gasteiger partial charge is 0.463 e. The van der Waals surface area contributed by atoms with E-state index >= 15 is 0 Å². The Morgan fingerprint density at radius 1 is 1.26 bits per heavy atom. The van der Waals surface area contributed by atoms with E-state index in [1.54, 1.807) is 24.5 Å². The fourth-order valence-corrected chi connectivity index (χ4v) is 4.56. The van der Waals surface area contributed by atoms with Gasteiger partial charge in [0.2, 0.25) is 0 Å². The van der Waals surface area contributed by atoms with E-state index in [-0.39, 0.29) is 12.2 Å². The summed E-state index contributed by atoms with van der Waals surface area (Å²) in [5, 5.41) is 0. The van der Waals surface area contributed by atoms with Gasteiger partial charge in [-0.25, -0.2) is 9.79 Å². The Kier molecular flexibility index (Phi) is 5.65. The van der Waals surface area contributed by atoms with Crippen molar-refractivity contribution in [3.8, 4) is 0 Å². The summed E-state index contributed by atoms with van der Waals surface area (Å²) in [6.45, 7) is 3.77. The van der Waals surface area contributed by atoms with Gasteiger partial charge in [0.1, 0.15) is 5.76 Å². The van der Waals surface area contributed by atoms with Gasteiger partial charge in [0.05, 0.1) is 28.5 Å². The normalized spacial score (nSPS) is 16.1. The zero-order valence-corrected chi connectivity index (χ0v) is 18.6. The summed E-state index contributed by atoms with van der Waals surface area (Å²) in [6, 6.07) is 12.5. The molecule has 1 aliphatic heterocycles. The molecule has 0 N–H and O–H groups in total. The Balaban J connectivity index is 1.91. The van der Waals surface area contributed by atoms with Crippen LogP contribution in [0.25, 0.3) is 6.08 Å². The number of thiazole rings is 1. The van der Waals surface area contributed by atoms with Crippen LogP contribution in [-0.4, -0.2) is 31.2 Å². The monoisotopic (exact) mass is 437 g/mol. The van der Waals surface area contributed by atoms with Gasteiger partial charge < -0.3 is 14.1 Å². The molecule has 1 atom stereocenters. The van der Waals surface area contributed by atoms with Crippen LogP contribution in [0.5, 0.6) is 0 Å². The van der Waals surface area contributed by atoms with Crippen molar-refractivity contribution >= 4 is 29.3 Å². The van der Waals surface area contributed by atoms with Crippen molar-refractivity contribution in [2.24, 2.45) is 4.99 Å². The van der Waals surface area contributed by atoms with Crippen LogP contribution >= 0.6 is 11.3 Å². The highest BCUT2D eigenvalue weighted by molar-refractivity contribution is 7.07. The molecule has 0 spiro atoms. The van der Waals surface area contributed by atoms with Crippen LogP contribution in [0.4, 0.5) is 5.88 Å². The molecule has 3 heterocycles. The third kappa shape index (κ3) is 3.86. The molecule has 31 heavy (non-hydrogen) atoms. The maximum atomic E-state index is 13.4. The number of esters is 1. The standard InChI is InChI=1S/C23H23N3O4S/c1-5-29-22(28)19-14(2)24-23-26(20(19)15-9-7-6-8-10-15)21(27)17(31-23)13-16-11-12-18(30-16)25(3)4/h6-13,20H,5H2,1-4H3/b17-13-/t20-/m1/s1. The molecule has 4 rings (SSSR count). The van der Waals surface area contributed by atoms with Crippen molar-refractivity contribution in [1.82, 2.24) is 4.57 Å². The van der Waals surface area contributed by atoms with Gasteiger partial charge in [-0.05, 0) is 25.5 Å². The van der Waals surface area contributed by atoms with Crippen molar-refractivity contribution < 1.29 is 13.9 Å². The Labute approximate surface area is 183 Å². The Morgan fingerprint density at radius 3 is 2.65 bits per heavy atom. The number of carbonyl (C=O) groups excluding carboxylic acids is 1. The number of carbonyl (C=O) groups is 1.